The number of hydrogen-bond acceptors (Lipinski definition) is 4. The second-order valence-corrected chi connectivity index (χ2v) is 5.55. The van der Waals surface area contributed by atoms with Gasteiger partial charge in [-0.2, -0.15) is 0 Å². The highest BCUT2D eigenvalue weighted by Crippen LogP contribution is 2.23. The number of nitrogens with zero attached hydrogens (tertiary/aromatic N) is 1. The van der Waals surface area contributed by atoms with Gasteiger partial charge in [0.15, 0.2) is 0 Å². The summed E-state index contributed by atoms with van der Waals surface area (Å²) < 4.78 is 9.72. The standard InChI is InChI=1S/C15H27NO4/c1-12(15(18)20-3)10-16(14(17)11-19-2)13-8-6-4-5-7-9-13/h12-13H,4-11H2,1-3H3. The summed E-state index contributed by atoms with van der Waals surface area (Å²) in [6.07, 6.45) is 6.79. The average Bonchev–Trinajstić information content (AvgIpc) is 2.72. The van der Waals surface area contributed by atoms with Gasteiger partial charge < -0.3 is 14.4 Å². The van der Waals surface area contributed by atoms with Crippen molar-refractivity contribution in [3.05, 3.63) is 0 Å². The predicted molar refractivity (Wildman–Crippen MR) is 76.3 cm³/mol. The third kappa shape index (κ3) is 5.12. The summed E-state index contributed by atoms with van der Waals surface area (Å²) in [7, 11) is 2.90. The fraction of sp³-hybridized carbons (Fsp3) is 0.867. The molecule has 0 bridgehead atoms. The van der Waals surface area contributed by atoms with Crippen molar-refractivity contribution >= 4 is 11.9 Å². The first-order valence-electron chi connectivity index (χ1n) is 7.46. The topological polar surface area (TPSA) is 55.8 Å². The van der Waals surface area contributed by atoms with Crippen molar-refractivity contribution in [1.29, 1.82) is 0 Å². The number of hydrogen-bond donors (Lipinski definition) is 0. The van der Waals surface area contributed by atoms with E-state index in [1.165, 1.54) is 27.1 Å². The van der Waals surface area contributed by atoms with Crippen molar-refractivity contribution in [2.24, 2.45) is 5.92 Å². The maximum absolute atomic E-state index is 12.2. The van der Waals surface area contributed by atoms with Crippen LogP contribution < -0.4 is 0 Å². The molecule has 5 heteroatoms. The Balaban J connectivity index is 2.72. The summed E-state index contributed by atoms with van der Waals surface area (Å²) >= 11 is 0. The van der Waals surface area contributed by atoms with E-state index in [9.17, 15) is 9.59 Å². The van der Waals surface area contributed by atoms with E-state index < -0.39 is 0 Å². The Hall–Kier alpha value is -1.10. The van der Waals surface area contributed by atoms with Crippen molar-refractivity contribution in [2.45, 2.75) is 51.5 Å². The van der Waals surface area contributed by atoms with Gasteiger partial charge in [0, 0.05) is 19.7 Å². The smallest absolute Gasteiger partial charge is 0.310 e. The van der Waals surface area contributed by atoms with E-state index in [0.29, 0.717) is 6.54 Å². The Morgan fingerprint density at radius 3 is 2.25 bits per heavy atom. The van der Waals surface area contributed by atoms with E-state index in [2.05, 4.69) is 0 Å². The van der Waals surface area contributed by atoms with Crippen molar-refractivity contribution < 1.29 is 19.1 Å². The van der Waals surface area contributed by atoms with Gasteiger partial charge in [0.05, 0.1) is 13.0 Å². The minimum absolute atomic E-state index is 0.0323. The zero-order chi connectivity index (χ0) is 15.0. The Morgan fingerprint density at radius 1 is 1.15 bits per heavy atom. The molecule has 116 valence electrons. The number of methoxy groups -OCH3 is 2. The van der Waals surface area contributed by atoms with Crippen LogP contribution in [0.4, 0.5) is 0 Å². The van der Waals surface area contributed by atoms with Crippen molar-refractivity contribution in [3.63, 3.8) is 0 Å². The third-order valence-corrected chi connectivity index (χ3v) is 3.93. The Bertz CT molecular complexity index is 311. The number of rotatable bonds is 6. The quantitative estimate of drug-likeness (QED) is 0.553. The first-order chi connectivity index (χ1) is 9.60. The molecule has 0 aliphatic heterocycles. The second-order valence-electron chi connectivity index (χ2n) is 5.55. The Labute approximate surface area is 121 Å². The molecule has 0 aromatic carbocycles. The van der Waals surface area contributed by atoms with E-state index in [1.807, 2.05) is 4.90 Å². The average molecular weight is 285 g/mol. The predicted octanol–water partition coefficient (Wildman–Crippen LogP) is 1.99. The Morgan fingerprint density at radius 2 is 1.75 bits per heavy atom. The normalized spacial score (nSPS) is 18.1. The summed E-state index contributed by atoms with van der Waals surface area (Å²) in [6.45, 7) is 2.29. The summed E-state index contributed by atoms with van der Waals surface area (Å²) in [5.74, 6) is -0.604. The van der Waals surface area contributed by atoms with Gasteiger partial charge in [-0.3, -0.25) is 9.59 Å². The minimum atomic E-state index is -0.302. The van der Waals surface area contributed by atoms with Gasteiger partial charge in [-0.05, 0) is 12.8 Å². The van der Waals surface area contributed by atoms with Crippen LogP contribution >= 0.6 is 0 Å². The molecule has 5 nitrogen and oxygen atoms in total. The highest BCUT2D eigenvalue weighted by atomic mass is 16.5. The molecule has 0 radical (unpaired) electrons. The molecule has 1 unspecified atom stereocenters. The zero-order valence-corrected chi connectivity index (χ0v) is 12.9. The lowest BCUT2D eigenvalue weighted by molar-refractivity contribution is -0.148. The summed E-state index contributed by atoms with van der Waals surface area (Å²) in [4.78, 5) is 25.7. The lowest BCUT2D eigenvalue weighted by Gasteiger charge is -2.32. The monoisotopic (exact) mass is 285 g/mol. The second kappa shape index (κ2) is 8.95. The molecule has 0 N–H and O–H groups in total. The van der Waals surface area contributed by atoms with Crippen LogP contribution in [0.15, 0.2) is 0 Å². The van der Waals surface area contributed by atoms with Crippen LogP contribution in [0.25, 0.3) is 0 Å². The number of carbonyl (C=O) groups is 2. The molecule has 1 aliphatic rings. The minimum Gasteiger partial charge on any atom is -0.469 e. The highest BCUT2D eigenvalue weighted by Gasteiger charge is 2.28. The molecule has 0 aromatic rings. The molecule has 1 fully saturated rings. The lowest BCUT2D eigenvalue weighted by atomic mass is 10.0. The van der Waals surface area contributed by atoms with Crippen molar-refractivity contribution in [2.75, 3.05) is 27.4 Å². The van der Waals surface area contributed by atoms with Gasteiger partial charge in [-0.25, -0.2) is 0 Å². The summed E-state index contributed by atoms with van der Waals surface area (Å²) in [6, 6.07) is 0.229. The summed E-state index contributed by atoms with van der Waals surface area (Å²) in [5, 5.41) is 0. The molecule has 0 heterocycles. The molecule has 0 saturated heterocycles. The van der Waals surface area contributed by atoms with Crippen LogP contribution in [0.3, 0.4) is 0 Å². The van der Waals surface area contributed by atoms with Gasteiger partial charge in [-0.1, -0.05) is 32.6 Å². The van der Waals surface area contributed by atoms with Crippen molar-refractivity contribution in [1.82, 2.24) is 4.90 Å². The molecule has 0 spiro atoms. The van der Waals surface area contributed by atoms with Crippen LogP contribution in [-0.4, -0.2) is 50.2 Å². The van der Waals surface area contributed by atoms with E-state index in [-0.39, 0.29) is 30.4 Å². The first kappa shape index (κ1) is 17.0. The summed E-state index contributed by atoms with van der Waals surface area (Å²) in [5.41, 5.74) is 0. The number of amides is 1. The largest absolute Gasteiger partial charge is 0.469 e. The van der Waals surface area contributed by atoms with E-state index in [0.717, 1.165) is 25.7 Å². The van der Waals surface area contributed by atoms with Gasteiger partial charge >= 0.3 is 5.97 Å². The molecule has 1 amide bonds. The van der Waals surface area contributed by atoms with Gasteiger partial charge in [0.25, 0.3) is 0 Å². The fourth-order valence-corrected chi connectivity index (χ4v) is 2.80. The van der Waals surface area contributed by atoms with E-state index >= 15 is 0 Å². The van der Waals surface area contributed by atoms with Crippen LogP contribution in [0.2, 0.25) is 0 Å². The zero-order valence-electron chi connectivity index (χ0n) is 12.9. The SMILES string of the molecule is COCC(=O)N(CC(C)C(=O)OC)C1CCCCCC1. The van der Waals surface area contributed by atoms with Gasteiger partial charge in [0.1, 0.15) is 6.61 Å². The molecule has 1 atom stereocenters. The molecular weight excluding hydrogens is 258 g/mol. The Kier molecular flexibility index (Phi) is 7.59. The molecular formula is C15H27NO4. The van der Waals surface area contributed by atoms with E-state index in [1.54, 1.807) is 6.92 Å². The molecule has 20 heavy (non-hydrogen) atoms. The number of esters is 1. The lowest BCUT2D eigenvalue weighted by Crippen LogP contribution is -2.45. The van der Waals surface area contributed by atoms with Crippen LogP contribution in [0.1, 0.15) is 45.4 Å². The maximum atomic E-state index is 12.2. The number of carbonyl (C=O) groups excluding carboxylic acids is 2. The van der Waals surface area contributed by atoms with Crippen molar-refractivity contribution in [3.8, 4) is 0 Å². The number of ether oxygens (including phenoxy) is 2. The maximum Gasteiger partial charge on any atom is 0.310 e. The van der Waals surface area contributed by atoms with E-state index in [4.69, 9.17) is 9.47 Å². The first-order valence-corrected chi connectivity index (χ1v) is 7.46. The van der Waals surface area contributed by atoms with Crippen LogP contribution in [0.5, 0.6) is 0 Å². The fourth-order valence-electron chi connectivity index (χ4n) is 2.80. The van der Waals surface area contributed by atoms with Crippen LogP contribution in [-0.2, 0) is 19.1 Å². The highest BCUT2D eigenvalue weighted by molar-refractivity contribution is 5.79. The molecule has 1 rings (SSSR count). The van der Waals surface area contributed by atoms with Gasteiger partial charge in [-0.15, -0.1) is 0 Å². The molecule has 0 aromatic heterocycles. The van der Waals surface area contributed by atoms with Gasteiger partial charge in [0.2, 0.25) is 5.91 Å². The molecule has 1 aliphatic carbocycles. The molecule has 1 saturated carbocycles. The van der Waals surface area contributed by atoms with Crippen LogP contribution in [0, 0.1) is 5.92 Å². The third-order valence-electron chi connectivity index (χ3n) is 3.93.